The lowest BCUT2D eigenvalue weighted by Crippen LogP contribution is -2.73. The Balaban J connectivity index is 0.000000585. The van der Waals surface area contributed by atoms with Gasteiger partial charge < -0.3 is 0 Å². The first-order chi connectivity index (χ1) is 9.65. The second-order valence-electron chi connectivity index (χ2n) is 5.01. The number of rotatable bonds is 0. The summed E-state index contributed by atoms with van der Waals surface area (Å²) in [5.41, 5.74) is 0. The lowest BCUT2D eigenvalue weighted by Gasteiger charge is -2.45. The van der Waals surface area contributed by atoms with Crippen molar-refractivity contribution in [2.75, 3.05) is 0 Å². The molecule has 0 aromatic carbocycles. The van der Waals surface area contributed by atoms with Gasteiger partial charge in [0, 0.05) is 5.92 Å². The third kappa shape index (κ3) is 3.47. The highest BCUT2D eigenvalue weighted by atomic mass is 19.4. The van der Waals surface area contributed by atoms with E-state index in [1.807, 2.05) is 0 Å². The van der Waals surface area contributed by atoms with Gasteiger partial charge >= 0.3 is 35.8 Å². The largest absolute Gasteiger partial charge is 0.391 e. The van der Waals surface area contributed by atoms with Gasteiger partial charge in [0.1, 0.15) is 0 Å². The molecule has 0 atom stereocenters. The van der Waals surface area contributed by atoms with Gasteiger partial charge in [-0.25, -0.2) is 0 Å². The van der Waals surface area contributed by atoms with Crippen molar-refractivity contribution in [2.45, 2.75) is 56.1 Å². The summed E-state index contributed by atoms with van der Waals surface area (Å²) in [7, 11) is 0. The molecule has 1 aliphatic carbocycles. The van der Waals surface area contributed by atoms with Gasteiger partial charge in [-0.05, 0) is 0 Å². The second-order valence-corrected chi connectivity index (χ2v) is 5.01. The molecule has 1 fully saturated rings. The first-order valence-corrected chi connectivity index (χ1v) is 5.61. The fraction of sp³-hybridized carbons (Fsp3) is 1.00. The van der Waals surface area contributed by atoms with Crippen LogP contribution >= 0.6 is 0 Å². The predicted molar refractivity (Wildman–Crippen MR) is 50.2 cm³/mol. The molecule has 0 radical (unpaired) electrons. The molecule has 0 spiro atoms. The normalized spacial score (nSPS) is 27.1. The predicted octanol–water partition coefficient (Wildman–Crippen LogP) is 5.77. The Morgan fingerprint density at radius 1 is 0.609 bits per heavy atom. The molecule has 0 heterocycles. The quantitative estimate of drug-likeness (QED) is 0.471. The van der Waals surface area contributed by atoms with Crippen LogP contribution in [0.5, 0.6) is 0 Å². The highest BCUT2D eigenvalue weighted by Crippen LogP contribution is 2.64. The molecule has 1 saturated carbocycles. The van der Waals surface area contributed by atoms with Gasteiger partial charge in [0.2, 0.25) is 0 Å². The third-order valence-corrected chi connectivity index (χ3v) is 2.81. The van der Waals surface area contributed by atoms with Crippen molar-refractivity contribution in [3.63, 3.8) is 0 Å². The molecule has 1 rings (SSSR count). The molecular weight excluding hydrogens is 367 g/mol. The maximum atomic E-state index is 12.3. The average molecular weight is 376 g/mol. The molecular formula is C10H9F13. The van der Waals surface area contributed by atoms with Crippen LogP contribution in [0.25, 0.3) is 0 Å². The lowest BCUT2D eigenvalue weighted by molar-refractivity contribution is -0.443. The van der Waals surface area contributed by atoms with Crippen molar-refractivity contribution in [3.05, 3.63) is 0 Å². The monoisotopic (exact) mass is 376 g/mol. The van der Waals surface area contributed by atoms with Crippen molar-refractivity contribution in [1.29, 1.82) is 0 Å². The van der Waals surface area contributed by atoms with Crippen LogP contribution in [-0.2, 0) is 0 Å². The van der Waals surface area contributed by atoms with E-state index in [4.69, 9.17) is 0 Å². The van der Waals surface area contributed by atoms with Crippen LogP contribution < -0.4 is 0 Å². The Labute approximate surface area is 120 Å². The van der Waals surface area contributed by atoms with Crippen molar-refractivity contribution in [3.8, 4) is 0 Å². The molecule has 1 aliphatic rings. The minimum Gasteiger partial charge on any atom is -0.199 e. The topological polar surface area (TPSA) is 0 Å². The van der Waals surface area contributed by atoms with E-state index >= 15 is 0 Å². The molecule has 0 aromatic heterocycles. The fourth-order valence-electron chi connectivity index (χ4n) is 1.16. The van der Waals surface area contributed by atoms with E-state index in [0.29, 0.717) is 0 Å². The molecule has 0 saturated heterocycles. The van der Waals surface area contributed by atoms with Gasteiger partial charge in [-0.2, -0.15) is 57.1 Å². The summed E-state index contributed by atoms with van der Waals surface area (Å²) >= 11 is 0. The van der Waals surface area contributed by atoms with Gasteiger partial charge in [-0.15, -0.1) is 0 Å². The second kappa shape index (κ2) is 5.57. The highest BCUT2D eigenvalue weighted by molar-refractivity contribution is 5.15. The van der Waals surface area contributed by atoms with E-state index in [2.05, 4.69) is 0 Å². The van der Waals surface area contributed by atoms with E-state index in [1.165, 1.54) is 0 Å². The molecule has 140 valence electrons. The molecule has 23 heavy (non-hydrogen) atoms. The smallest absolute Gasteiger partial charge is 0.199 e. The van der Waals surface area contributed by atoms with Gasteiger partial charge in [-0.1, -0.05) is 13.8 Å². The Hall–Kier alpha value is -0.910. The van der Waals surface area contributed by atoms with Crippen molar-refractivity contribution >= 4 is 0 Å². The van der Waals surface area contributed by atoms with E-state index in [1.54, 1.807) is 0 Å². The van der Waals surface area contributed by atoms with E-state index in [9.17, 15) is 57.1 Å². The van der Waals surface area contributed by atoms with Crippen LogP contribution in [0, 0.1) is 5.92 Å². The van der Waals surface area contributed by atoms with Crippen molar-refractivity contribution in [2.24, 2.45) is 5.92 Å². The summed E-state index contributed by atoms with van der Waals surface area (Å²) in [6, 6.07) is 0. The molecule has 0 aliphatic heterocycles. The van der Waals surface area contributed by atoms with Crippen LogP contribution in [-0.4, -0.2) is 35.8 Å². The summed E-state index contributed by atoms with van der Waals surface area (Å²) in [6.45, 7) is 2.25. The third-order valence-electron chi connectivity index (χ3n) is 2.81. The summed E-state index contributed by atoms with van der Waals surface area (Å²) in [6.07, 6.45) is -7.34. The maximum absolute atomic E-state index is 12.3. The molecule has 0 N–H and O–H groups in total. The number of hydrogen-bond acceptors (Lipinski definition) is 0. The molecule has 0 amide bonds. The Morgan fingerprint density at radius 2 is 0.826 bits per heavy atom. The van der Waals surface area contributed by atoms with Gasteiger partial charge in [-0.3, -0.25) is 0 Å². The van der Waals surface area contributed by atoms with Crippen LogP contribution in [0.3, 0.4) is 0 Å². The van der Waals surface area contributed by atoms with Gasteiger partial charge in [0.05, 0.1) is 6.42 Å². The van der Waals surface area contributed by atoms with Gasteiger partial charge in [0.25, 0.3) is 0 Å². The van der Waals surface area contributed by atoms with Gasteiger partial charge in [0.15, 0.2) is 0 Å². The van der Waals surface area contributed by atoms with E-state index in [-0.39, 0.29) is 0 Å². The lowest BCUT2D eigenvalue weighted by atomic mass is 9.83. The average Bonchev–Trinajstić information content (AvgIpc) is 2.24. The summed E-state index contributed by atoms with van der Waals surface area (Å²) in [4.78, 5) is 0. The standard InChI is InChI=1S/C6H2F10.C4H7F3/c7-2(8)1-3(9,10)5(13,14)6(15,16)4(2,11)12;1-3(2)4(5,6)7/h1H2;3H,1-2H3. The molecule has 0 bridgehead atoms. The first kappa shape index (κ1) is 22.1. The van der Waals surface area contributed by atoms with Crippen LogP contribution in [0.4, 0.5) is 57.1 Å². The van der Waals surface area contributed by atoms with Crippen molar-refractivity contribution in [1.82, 2.24) is 0 Å². The fourth-order valence-corrected chi connectivity index (χ4v) is 1.16. The van der Waals surface area contributed by atoms with Crippen LogP contribution in [0.2, 0.25) is 0 Å². The summed E-state index contributed by atoms with van der Waals surface area (Å²) in [5.74, 6) is -32.9. The summed E-state index contributed by atoms with van der Waals surface area (Å²) < 4.78 is 156. The van der Waals surface area contributed by atoms with Crippen LogP contribution in [0.1, 0.15) is 20.3 Å². The SMILES string of the molecule is CC(C)C(F)(F)F.FC1(F)CC(F)(F)C(F)(F)C(F)(F)C1(F)F. The first-order valence-electron chi connectivity index (χ1n) is 5.61. The molecule has 0 unspecified atom stereocenters. The van der Waals surface area contributed by atoms with Crippen molar-refractivity contribution < 1.29 is 57.1 Å². The Kier molecular flexibility index (Phi) is 5.35. The highest BCUT2D eigenvalue weighted by Gasteiger charge is 2.91. The Morgan fingerprint density at radius 3 is 1.00 bits per heavy atom. The minimum absolute atomic E-state index is 1.12. The number of alkyl halides is 13. The zero-order valence-corrected chi connectivity index (χ0v) is 11.2. The minimum atomic E-state index is -6.83. The van der Waals surface area contributed by atoms with E-state index < -0.39 is 48.1 Å². The zero-order valence-electron chi connectivity index (χ0n) is 11.2. The molecule has 13 heteroatoms. The molecule has 0 aromatic rings. The summed E-state index contributed by atoms with van der Waals surface area (Å²) in [5, 5.41) is 0. The Bertz CT molecular complexity index is 389. The number of hydrogen-bond donors (Lipinski definition) is 0. The maximum Gasteiger partial charge on any atom is 0.391 e. The zero-order chi connectivity index (χ0) is 19.3. The van der Waals surface area contributed by atoms with E-state index in [0.717, 1.165) is 13.8 Å². The van der Waals surface area contributed by atoms with Crippen LogP contribution in [0.15, 0.2) is 0 Å². The number of halogens is 13. The molecule has 0 nitrogen and oxygen atoms in total.